The second-order valence-electron chi connectivity index (χ2n) is 2.39. The van der Waals surface area contributed by atoms with Crippen LogP contribution in [-0.4, -0.2) is 28.4 Å². The van der Waals surface area contributed by atoms with E-state index in [0.29, 0.717) is 0 Å². The van der Waals surface area contributed by atoms with Crippen molar-refractivity contribution in [3.63, 3.8) is 0 Å². The van der Waals surface area contributed by atoms with Gasteiger partial charge in [0.05, 0.1) is 0 Å². The van der Waals surface area contributed by atoms with E-state index in [1.54, 1.807) is 12.1 Å². The lowest BCUT2D eigenvalue weighted by Crippen LogP contribution is -2.33. The quantitative estimate of drug-likeness (QED) is 0.461. The van der Waals surface area contributed by atoms with Crippen LogP contribution in [0.15, 0.2) is 24.3 Å². The van der Waals surface area contributed by atoms with Gasteiger partial charge in [-0.3, -0.25) is 5.32 Å². The fourth-order valence-electron chi connectivity index (χ4n) is 0.951. The molecule has 0 saturated carbocycles. The molecule has 0 aliphatic carbocycles. The largest absolute Gasteiger partial charge is 0.490 e. The van der Waals surface area contributed by atoms with Gasteiger partial charge in [-0.05, 0) is 6.07 Å². The number of para-hydroxylation sites is 1. The molecule has 5 nitrogen and oxygen atoms in total. The Balaban J connectivity index is 2.97. The van der Waals surface area contributed by atoms with E-state index in [-0.39, 0.29) is 11.2 Å². The van der Waals surface area contributed by atoms with Crippen LogP contribution in [0.3, 0.4) is 0 Å². The highest BCUT2D eigenvalue weighted by Crippen LogP contribution is 2.02. The van der Waals surface area contributed by atoms with Crippen molar-refractivity contribution in [2.24, 2.45) is 0 Å². The van der Waals surface area contributed by atoms with E-state index in [4.69, 9.17) is 15.2 Å². The Morgan fingerprint density at radius 2 is 1.92 bits per heavy atom. The van der Waals surface area contributed by atoms with Crippen LogP contribution in [0, 0.1) is 0 Å². The van der Waals surface area contributed by atoms with E-state index in [2.05, 4.69) is 5.32 Å². The van der Waals surface area contributed by atoms with Crippen LogP contribution in [-0.2, 0) is 0 Å². The molecule has 13 heavy (non-hydrogen) atoms. The molecule has 0 atom stereocenters. The molecule has 0 saturated heterocycles. The highest BCUT2D eigenvalue weighted by atomic mass is 16.4. The summed E-state index contributed by atoms with van der Waals surface area (Å²) in [6, 6.07) is 6.05. The zero-order valence-corrected chi connectivity index (χ0v) is 6.64. The SMILES string of the molecule is O=C(O)Nc1ccccc1B(O)O. The van der Waals surface area contributed by atoms with Crippen LogP contribution in [0.2, 0.25) is 0 Å². The van der Waals surface area contributed by atoms with E-state index in [1.807, 2.05) is 0 Å². The van der Waals surface area contributed by atoms with Crippen molar-refractivity contribution >= 4 is 24.4 Å². The Kier molecular flexibility index (Phi) is 2.89. The van der Waals surface area contributed by atoms with Crippen molar-refractivity contribution in [3.8, 4) is 0 Å². The Bertz CT molecular complexity index is 315. The molecule has 1 amide bonds. The number of hydrogen-bond donors (Lipinski definition) is 4. The fourth-order valence-corrected chi connectivity index (χ4v) is 0.951. The van der Waals surface area contributed by atoms with Gasteiger partial charge in [-0.25, -0.2) is 4.79 Å². The molecule has 0 heterocycles. The summed E-state index contributed by atoms with van der Waals surface area (Å²) < 4.78 is 0. The van der Waals surface area contributed by atoms with Gasteiger partial charge in [-0.2, -0.15) is 0 Å². The molecule has 0 aromatic heterocycles. The van der Waals surface area contributed by atoms with E-state index < -0.39 is 13.2 Å². The predicted octanol–water partition coefficient (Wildman–Crippen LogP) is -0.544. The molecular formula is C7H8BNO4. The maximum absolute atomic E-state index is 10.3. The number of anilines is 1. The van der Waals surface area contributed by atoms with Gasteiger partial charge < -0.3 is 15.2 Å². The van der Waals surface area contributed by atoms with Gasteiger partial charge in [0.2, 0.25) is 0 Å². The molecule has 0 aliphatic heterocycles. The highest BCUT2D eigenvalue weighted by molar-refractivity contribution is 6.60. The number of rotatable bonds is 2. The molecule has 0 radical (unpaired) electrons. The fraction of sp³-hybridized carbons (Fsp3) is 0. The summed E-state index contributed by atoms with van der Waals surface area (Å²) in [5, 5.41) is 28.1. The maximum Gasteiger partial charge on any atom is 0.490 e. The molecule has 6 heteroatoms. The summed E-state index contributed by atoms with van der Waals surface area (Å²) in [6.45, 7) is 0. The summed E-state index contributed by atoms with van der Waals surface area (Å²) in [7, 11) is -1.68. The Morgan fingerprint density at radius 3 is 2.46 bits per heavy atom. The van der Waals surface area contributed by atoms with E-state index in [1.165, 1.54) is 12.1 Å². The average molecular weight is 181 g/mol. The normalized spacial score (nSPS) is 9.38. The molecule has 0 bridgehead atoms. The number of carbonyl (C=O) groups is 1. The first-order chi connectivity index (χ1) is 6.11. The van der Waals surface area contributed by atoms with E-state index in [9.17, 15) is 4.79 Å². The summed E-state index contributed by atoms with van der Waals surface area (Å²) in [5.74, 6) is 0. The van der Waals surface area contributed by atoms with E-state index >= 15 is 0 Å². The molecule has 0 unspecified atom stereocenters. The first-order valence-corrected chi connectivity index (χ1v) is 3.56. The highest BCUT2D eigenvalue weighted by Gasteiger charge is 2.15. The third-order valence-corrected chi connectivity index (χ3v) is 1.48. The molecular weight excluding hydrogens is 173 g/mol. The lowest BCUT2D eigenvalue weighted by Gasteiger charge is -2.06. The van der Waals surface area contributed by atoms with Crippen molar-refractivity contribution in [2.45, 2.75) is 0 Å². The van der Waals surface area contributed by atoms with Gasteiger partial charge in [0.25, 0.3) is 0 Å². The Labute approximate surface area is 74.8 Å². The minimum Gasteiger partial charge on any atom is -0.465 e. The summed E-state index contributed by atoms with van der Waals surface area (Å²) >= 11 is 0. The molecule has 1 aromatic rings. The van der Waals surface area contributed by atoms with Crippen LogP contribution >= 0.6 is 0 Å². The first-order valence-electron chi connectivity index (χ1n) is 3.56. The summed E-state index contributed by atoms with van der Waals surface area (Å²) in [5.41, 5.74) is 0.301. The predicted molar refractivity (Wildman–Crippen MR) is 47.9 cm³/mol. The molecule has 0 fully saturated rings. The van der Waals surface area contributed by atoms with Crippen LogP contribution in [0.5, 0.6) is 0 Å². The summed E-state index contributed by atoms with van der Waals surface area (Å²) in [6.07, 6.45) is -1.24. The van der Waals surface area contributed by atoms with Gasteiger partial charge in [0, 0.05) is 11.2 Å². The van der Waals surface area contributed by atoms with Crippen LogP contribution in [0.25, 0.3) is 0 Å². The van der Waals surface area contributed by atoms with Crippen molar-refractivity contribution < 1.29 is 19.9 Å². The molecule has 1 rings (SSSR count). The van der Waals surface area contributed by atoms with Crippen LogP contribution in [0.4, 0.5) is 10.5 Å². The van der Waals surface area contributed by atoms with Crippen molar-refractivity contribution in [3.05, 3.63) is 24.3 Å². The van der Waals surface area contributed by atoms with Crippen molar-refractivity contribution in [2.75, 3.05) is 5.32 Å². The molecule has 0 spiro atoms. The van der Waals surface area contributed by atoms with Gasteiger partial charge in [-0.15, -0.1) is 0 Å². The zero-order chi connectivity index (χ0) is 9.84. The van der Waals surface area contributed by atoms with Crippen LogP contribution < -0.4 is 10.8 Å². The Hall–Kier alpha value is -1.53. The van der Waals surface area contributed by atoms with Crippen LogP contribution in [0.1, 0.15) is 0 Å². The average Bonchev–Trinajstić information content (AvgIpc) is 2.03. The number of nitrogens with one attached hydrogen (secondary N) is 1. The lowest BCUT2D eigenvalue weighted by atomic mass is 9.79. The third kappa shape index (κ3) is 2.46. The monoisotopic (exact) mass is 181 g/mol. The number of carboxylic acid groups (broad SMARTS) is 1. The van der Waals surface area contributed by atoms with Crippen molar-refractivity contribution in [1.29, 1.82) is 0 Å². The lowest BCUT2D eigenvalue weighted by molar-refractivity contribution is 0.210. The zero-order valence-electron chi connectivity index (χ0n) is 6.64. The second-order valence-corrected chi connectivity index (χ2v) is 2.39. The van der Waals surface area contributed by atoms with E-state index in [0.717, 1.165) is 0 Å². The van der Waals surface area contributed by atoms with Crippen molar-refractivity contribution in [1.82, 2.24) is 0 Å². The summed E-state index contributed by atoms with van der Waals surface area (Å²) in [4.78, 5) is 10.3. The standard InChI is InChI=1S/C7H8BNO4/c10-7(11)9-6-4-2-1-3-5(6)8(12)13/h1-4,9,12-13H,(H,10,11). The topological polar surface area (TPSA) is 89.8 Å². The number of hydrogen-bond acceptors (Lipinski definition) is 3. The molecule has 1 aromatic carbocycles. The van der Waals surface area contributed by atoms with Gasteiger partial charge in [0.15, 0.2) is 0 Å². The van der Waals surface area contributed by atoms with Gasteiger partial charge in [0.1, 0.15) is 0 Å². The van der Waals surface area contributed by atoms with Gasteiger partial charge in [-0.1, -0.05) is 18.2 Å². The number of amides is 1. The second kappa shape index (κ2) is 3.93. The minimum atomic E-state index is -1.68. The number of benzene rings is 1. The molecule has 4 N–H and O–H groups in total. The molecule has 68 valence electrons. The smallest absolute Gasteiger partial charge is 0.465 e. The molecule has 0 aliphatic rings. The van der Waals surface area contributed by atoms with Gasteiger partial charge >= 0.3 is 13.2 Å². The Morgan fingerprint density at radius 1 is 1.31 bits per heavy atom. The third-order valence-electron chi connectivity index (χ3n) is 1.48. The first kappa shape index (κ1) is 9.56. The maximum atomic E-state index is 10.3. The minimum absolute atomic E-state index is 0.130.